The largest absolute Gasteiger partial charge is 0.322 e. The number of nitrogens with one attached hydrogen (secondary N) is 1. The minimum Gasteiger partial charge on any atom is -0.322 e. The normalized spacial score (nSPS) is 13.8. The Labute approximate surface area is 172 Å². The second-order valence-corrected chi connectivity index (χ2v) is 8.23. The van der Waals surface area contributed by atoms with Crippen LogP contribution in [0.4, 0.5) is 5.69 Å². The summed E-state index contributed by atoms with van der Waals surface area (Å²) in [4.78, 5) is 12.7. The summed E-state index contributed by atoms with van der Waals surface area (Å²) in [5, 5.41) is 11.8. The topological polar surface area (TPSA) is 59.8 Å². The van der Waals surface area contributed by atoms with Crippen LogP contribution in [0.2, 0.25) is 0 Å². The molecule has 1 aliphatic rings. The third-order valence-electron chi connectivity index (χ3n) is 5.35. The Morgan fingerprint density at radius 2 is 1.90 bits per heavy atom. The highest BCUT2D eigenvalue weighted by molar-refractivity contribution is 6.04. The molecule has 0 radical (unpaired) electrons. The number of fused-ring (bicyclic) bond motifs is 1. The number of aryl methyl sites for hydroxylation is 1. The molecular weight excluding hydrogens is 360 g/mol. The van der Waals surface area contributed by atoms with E-state index in [-0.39, 0.29) is 5.91 Å². The molecule has 1 amide bonds. The first-order chi connectivity index (χ1) is 14.1. The lowest BCUT2D eigenvalue weighted by Gasteiger charge is -2.10. The molecule has 3 aromatic rings. The SMILES string of the molecule is CC(C)Cc1ccc(C(=O)Nc2cccc(-c3nnc4n3CCCCC4)c2)cc1. The molecule has 29 heavy (non-hydrogen) atoms. The van der Waals surface area contributed by atoms with E-state index >= 15 is 0 Å². The van der Waals surface area contributed by atoms with Gasteiger partial charge in [-0.2, -0.15) is 0 Å². The van der Waals surface area contributed by atoms with Crippen molar-refractivity contribution in [3.63, 3.8) is 0 Å². The van der Waals surface area contributed by atoms with Crippen LogP contribution in [-0.2, 0) is 19.4 Å². The standard InChI is InChI=1S/C24H28N4O/c1-17(2)15-18-10-12-19(13-11-18)24(29)25-21-8-6-7-20(16-21)23-27-26-22-9-4-3-5-14-28(22)23/h6-8,10-13,16-17H,3-5,9,14-15H2,1-2H3,(H,25,29). The number of rotatable bonds is 5. The van der Waals surface area contributed by atoms with E-state index in [1.54, 1.807) is 0 Å². The Kier molecular flexibility index (Phi) is 5.74. The second kappa shape index (κ2) is 8.60. The van der Waals surface area contributed by atoms with Crippen molar-refractivity contribution in [3.8, 4) is 11.4 Å². The smallest absolute Gasteiger partial charge is 0.255 e. The maximum absolute atomic E-state index is 12.7. The lowest BCUT2D eigenvalue weighted by Crippen LogP contribution is -2.12. The van der Waals surface area contributed by atoms with Crippen LogP contribution in [0.5, 0.6) is 0 Å². The van der Waals surface area contributed by atoms with Crippen LogP contribution in [0.3, 0.4) is 0 Å². The third-order valence-corrected chi connectivity index (χ3v) is 5.35. The molecule has 0 unspecified atom stereocenters. The Hall–Kier alpha value is -2.95. The summed E-state index contributed by atoms with van der Waals surface area (Å²) in [6, 6.07) is 15.7. The molecule has 1 N–H and O–H groups in total. The van der Waals surface area contributed by atoms with Crippen molar-refractivity contribution in [2.24, 2.45) is 5.92 Å². The molecular formula is C24H28N4O. The van der Waals surface area contributed by atoms with E-state index in [9.17, 15) is 4.79 Å². The van der Waals surface area contributed by atoms with Crippen molar-refractivity contribution in [3.05, 3.63) is 65.5 Å². The molecule has 150 valence electrons. The first-order valence-electron chi connectivity index (χ1n) is 10.5. The number of carbonyl (C=O) groups is 1. The minimum absolute atomic E-state index is 0.0988. The molecule has 5 heteroatoms. The Bertz CT molecular complexity index is 988. The van der Waals surface area contributed by atoms with E-state index in [2.05, 4.69) is 33.9 Å². The van der Waals surface area contributed by atoms with Gasteiger partial charge in [0.1, 0.15) is 5.82 Å². The summed E-state index contributed by atoms with van der Waals surface area (Å²) in [6.07, 6.45) is 5.56. The van der Waals surface area contributed by atoms with Gasteiger partial charge >= 0.3 is 0 Å². The van der Waals surface area contributed by atoms with E-state index in [1.165, 1.54) is 18.4 Å². The molecule has 1 aromatic heterocycles. The van der Waals surface area contributed by atoms with Crippen LogP contribution in [0.1, 0.15) is 54.9 Å². The zero-order chi connectivity index (χ0) is 20.2. The van der Waals surface area contributed by atoms with E-state index in [4.69, 9.17) is 0 Å². The van der Waals surface area contributed by atoms with Gasteiger partial charge in [-0.1, -0.05) is 44.5 Å². The van der Waals surface area contributed by atoms with E-state index < -0.39 is 0 Å². The maximum atomic E-state index is 12.7. The molecule has 1 aliphatic heterocycles. The zero-order valence-corrected chi connectivity index (χ0v) is 17.2. The average molecular weight is 389 g/mol. The van der Waals surface area contributed by atoms with E-state index in [0.717, 1.165) is 48.7 Å². The minimum atomic E-state index is -0.0988. The Morgan fingerprint density at radius 1 is 1.07 bits per heavy atom. The summed E-state index contributed by atoms with van der Waals surface area (Å²) in [6.45, 7) is 5.35. The molecule has 5 nitrogen and oxygen atoms in total. The van der Waals surface area contributed by atoms with Gasteiger partial charge in [0.25, 0.3) is 5.91 Å². The van der Waals surface area contributed by atoms with Gasteiger partial charge in [0.05, 0.1) is 0 Å². The molecule has 0 spiro atoms. The van der Waals surface area contributed by atoms with Gasteiger partial charge in [-0.25, -0.2) is 0 Å². The monoisotopic (exact) mass is 388 g/mol. The summed E-state index contributed by atoms with van der Waals surface area (Å²) in [5.41, 5.74) is 3.67. The van der Waals surface area contributed by atoms with Crippen molar-refractivity contribution >= 4 is 11.6 Å². The fourth-order valence-electron chi connectivity index (χ4n) is 3.90. The van der Waals surface area contributed by atoms with Gasteiger partial charge in [0, 0.05) is 29.8 Å². The van der Waals surface area contributed by atoms with Gasteiger partial charge in [-0.05, 0) is 55.0 Å². The Balaban J connectivity index is 1.51. The van der Waals surface area contributed by atoms with Gasteiger partial charge in [0.15, 0.2) is 5.82 Å². The third kappa shape index (κ3) is 4.56. The van der Waals surface area contributed by atoms with E-state index in [1.807, 2.05) is 48.5 Å². The first-order valence-corrected chi connectivity index (χ1v) is 10.5. The summed E-state index contributed by atoms with van der Waals surface area (Å²) >= 11 is 0. The number of nitrogens with zero attached hydrogens (tertiary/aromatic N) is 3. The van der Waals surface area contributed by atoms with Gasteiger partial charge < -0.3 is 9.88 Å². The molecule has 0 fully saturated rings. The molecule has 2 heterocycles. The molecule has 0 aliphatic carbocycles. The van der Waals surface area contributed by atoms with Gasteiger partial charge in [-0.15, -0.1) is 10.2 Å². The van der Waals surface area contributed by atoms with Crippen molar-refractivity contribution in [1.29, 1.82) is 0 Å². The van der Waals surface area contributed by atoms with Gasteiger partial charge in [-0.3, -0.25) is 4.79 Å². The molecule has 0 saturated heterocycles. The fourth-order valence-corrected chi connectivity index (χ4v) is 3.90. The zero-order valence-electron chi connectivity index (χ0n) is 17.2. The maximum Gasteiger partial charge on any atom is 0.255 e. The Morgan fingerprint density at radius 3 is 2.69 bits per heavy atom. The van der Waals surface area contributed by atoms with E-state index in [0.29, 0.717) is 11.5 Å². The molecule has 0 bridgehead atoms. The second-order valence-electron chi connectivity index (χ2n) is 8.23. The lowest BCUT2D eigenvalue weighted by atomic mass is 10.0. The summed E-state index contributed by atoms with van der Waals surface area (Å²) < 4.78 is 2.22. The van der Waals surface area contributed by atoms with Crippen LogP contribution in [0.15, 0.2) is 48.5 Å². The van der Waals surface area contributed by atoms with Crippen molar-refractivity contribution in [2.45, 2.75) is 52.5 Å². The highest BCUT2D eigenvalue weighted by Gasteiger charge is 2.16. The highest BCUT2D eigenvalue weighted by atomic mass is 16.1. The predicted octanol–water partition coefficient (Wildman–Crippen LogP) is 5.12. The average Bonchev–Trinajstić information content (AvgIpc) is 2.96. The highest BCUT2D eigenvalue weighted by Crippen LogP contribution is 2.25. The van der Waals surface area contributed by atoms with Crippen LogP contribution in [-0.4, -0.2) is 20.7 Å². The van der Waals surface area contributed by atoms with Crippen molar-refractivity contribution < 1.29 is 4.79 Å². The molecule has 2 aromatic carbocycles. The molecule has 4 rings (SSSR count). The van der Waals surface area contributed by atoms with Crippen LogP contribution in [0.25, 0.3) is 11.4 Å². The quantitative estimate of drug-likeness (QED) is 0.660. The molecule has 0 saturated carbocycles. The number of benzene rings is 2. The van der Waals surface area contributed by atoms with Crippen LogP contribution >= 0.6 is 0 Å². The number of amides is 1. The first kappa shape index (κ1) is 19.4. The number of anilines is 1. The summed E-state index contributed by atoms with van der Waals surface area (Å²) in [7, 11) is 0. The predicted molar refractivity (Wildman–Crippen MR) is 116 cm³/mol. The van der Waals surface area contributed by atoms with Gasteiger partial charge in [0.2, 0.25) is 0 Å². The summed E-state index contributed by atoms with van der Waals surface area (Å²) in [5.74, 6) is 2.45. The van der Waals surface area contributed by atoms with Crippen LogP contribution in [0, 0.1) is 5.92 Å². The van der Waals surface area contributed by atoms with Crippen molar-refractivity contribution in [1.82, 2.24) is 14.8 Å². The molecule has 0 atom stereocenters. The lowest BCUT2D eigenvalue weighted by molar-refractivity contribution is 0.102. The number of aromatic nitrogens is 3. The number of hydrogen-bond acceptors (Lipinski definition) is 3. The van der Waals surface area contributed by atoms with Crippen molar-refractivity contribution in [2.75, 3.05) is 5.32 Å². The van der Waals surface area contributed by atoms with Crippen LogP contribution < -0.4 is 5.32 Å². The number of hydrogen-bond donors (Lipinski definition) is 1. The number of carbonyl (C=O) groups excluding carboxylic acids is 1. The fraction of sp³-hybridized carbons (Fsp3) is 0.375.